The predicted molar refractivity (Wildman–Crippen MR) is 67.1 cm³/mol. The Bertz CT molecular complexity index is 166. The summed E-state index contributed by atoms with van der Waals surface area (Å²) in [5.74, 6) is 1.65. The monoisotopic (exact) mass is 212 g/mol. The second-order valence-electron chi connectivity index (χ2n) is 5.71. The fourth-order valence-electron chi connectivity index (χ4n) is 2.30. The first-order valence-corrected chi connectivity index (χ1v) is 6.54. The van der Waals surface area contributed by atoms with Crippen LogP contribution in [0.25, 0.3) is 0 Å². The summed E-state index contributed by atoms with van der Waals surface area (Å²) < 4.78 is 0. The summed E-state index contributed by atoms with van der Waals surface area (Å²) in [5, 5.41) is 3.52. The molecule has 1 aliphatic rings. The number of hydrogen-bond acceptors (Lipinski definition) is 2. The van der Waals surface area contributed by atoms with Crippen LogP contribution in [-0.4, -0.2) is 37.1 Å². The molecule has 0 aromatic rings. The van der Waals surface area contributed by atoms with Crippen LogP contribution in [-0.2, 0) is 0 Å². The van der Waals surface area contributed by atoms with E-state index in [1.54, 1.807) is 0 Å². The van der Waals surface area contributed by atoms with Crippen LogP contribution in [0.4, 0.5) is 0 Å². The first kappa shape index (κ1) is 13.0. The van der Waals surface area contributed by atoms with Crippen molar-refractivity contribution in [1.29, 1.82) is 0 Å². The third-order valence-corrected chi connectivity index (χ3v) is 3.21. The van der Waals surface area contributed by atoms with Crippen molar-refractivity contribution in [3.05, 3.63) is 0 Å². The molecule has 1 aliphatic heterocycles. The van der Waals surface area contributed by atoms with Crippen LogP contribution in [0, 0.1) is 11.8 Å². The van der Waals surface area contributed by atoms with Crippen molar-refractivity contribution in [2.24, 2.45) is 11.8 Å². The van der Waals surface area contributed by atoms with Gasteiger partial charge in [-0.3, -0.25) is 4.90 Å². The van der Waals surface area contributed by atoms with E-state index < -0.39 is 0 Å². The van der Waals surface area contributed by atoms with Gasteiger partial charge < -0.3 is 5.32 Å². The average molecular weight is 212 g/mol. The van der Waals surface area contributed by atoms with E-state index >= 15 is 0 Å². The van der Waals surface area contributed by atoms with Crippen LogP contribution in [0.5, 0.6) is 0 Å². The molecular formula is C13H28N2. The fraction of sp³-hybridized carbons (Fsp3) is 1.00. The lowest BCUT2D eigenvalue weighted by Gasteiger charge is -2.37. The van der Waals surface area contributed by atoms with Crippen LogP contribution < -0.4 is 5.32 Å². The van der Waals surface area contributed by atoms with E-state index in [0.717, 1.165) is 17.9 Å². The maximum absolute atomic E-state index is 3.52. The summed E-state index contributed by atoms with van der Waals surface area (Å²) >= 11 is 0. The van der Waals surface area contributed by atoms with Crippen molar-refractivity contribution < 1.29 is 0 Å². The quantitative estimate of drug-likeness (QED) is 0.752. The largest absolute Gasteiger partial charge is 0.314 e. The molecule has 1 unspecified atom stereocenters. The standard InChI is InChI=1S/C13H28N2/c1-11(2)5-7-15-8-6-14-10-13(15)9-12(3)4/h11-14H,5-10H2,1-4H3. The van der Waals surface area contributed by atoms with Crippen LogP contribution in [0.1, 0.15) is 40.5 Å². The Morgan fingerprint density at radius 1 is 1.20 bits per heavy atom. The summed E-state index contributed by atoms with van der Waals surface area (Å²) in [5.41, 5.74) is 0. The van der Waals surface area contributed by atoms with E-state index in [-0.39, 0.29) is 0 Å². The second kappa shape index (κ2) is 6.49. The summed E-state index contributed by atoms with van der Waals surface area (Å²) in [4.78, 5) is 2.69. The summed E-state index contributed by atoms with van der Waals surface area (Å²) in [6.07, 6.45) is 2.68. The molecule has 2 nitrogen and oxygen atoms in total. The summed E-state index contributed by atoms with van der Waals surface area (Å²) in [6, 6.07) is 0.775. The van der Waals surface area contributed by atoms with Crippen molar-refractivity contribution in [2.75, 3.05) is 26.2 Å². The molecule has 0 saturated carbocycles. The molecule has 0 bridgehead atoms. The first-order valence-electron chi connectivity index (χ1n) is 6.54. The highest BCUT2D eigenvalue weighted by molar-refractivity contribution is 4.80. The molecule has 0 spiro atoms. The van der Waals surface area contributed by atoms with Gasteiger partial charge in [-0.05, 0) is 31.2 Å². The van der Waals surface area contributed by atoms with Crippen molar-refractivity contribution in [2.45, 2.75) is 46.6 Å². The van der Waals surface area contributed by atoms with Gasteiger partial charge >= 0.3 is 0 Å². The van der Waals surface area contributed by atoms with Crippen molar-refractivity contribution in [3.8, 4) is 0 Å². The third kappa shape index (κ3) is 4.98. The SMILES string of the molecule is CC(C)CCN1CCNCC1CC(C)C. The van der Waals surface area contributed by atoms with Gasteiger partial charge in [-0.2, -0.15) is 0 Å². The number of hydrogen-bond donors (Lipinski definition) is 1. The Morgan fingerprint density at radius 2 is 1.93 bits per heavy atom. The molecule has 90 valence electrons. The number of rotatable bonds is 5. The minimum absolute atomic E-state index is 0.775. The van der Waals surface area contributed by atoms with E-state index in [4.69, 9.17) is 0 Å². The average Bonchev–Trinajstić information content (AvgIpc) is 2.15. The second-order valence-corrected chi connectivity index (χ2v) is 5.71. The smallest absolute Gasteiger partial charge is 0.0223 e. The molecule has 15 heavy (non-hydrogen) atoms. The maximum Gasteiger partial charge on any atom is 0.0223 e. The molecule has 0 aromatic heterocycles. The molecule has 1 heterocycles. The highest BCUT2D eigenvalue weighted by atomic mass is 15.2. The topological polar surface area (TPSA) is 15.3 Å². The Labute approximate surface area is 95.4 Å². The van der Waals surface area contributed by atoms with Gasteiger partial charge in [0.05, 0.1) is 0 Å². The minimum atomic E-state index is 0.775. The summed E-state index contributed by atoms with van der Waals surface area (Å²) in [6.45, 7) is 14.2. The number of nitrogens with one attached hydrogen (secondary N) is 1. The third-order valence-electron chi connectivity index (χ3n) is 3.21. The number of piperazine rings is 1. The molecule has 1 N–H and O–H groups in total. The zero-order chi connectivity index (χ0) is 11.3. The van der Waals surface area contributed by atoms with E-state index in [1.165, 1.54) is 39.0 Å². The Morgan fingerprint density at radius 3 is 2.53 bits per heavy atom. The lowest BCUT2D eigenvalue weighted by molar-refractivity contribution is 0.135. The van der Waals surface area contributed by atoms with Gasteiger partial charge in [0.15, 0.2) is 0 Å². The van der Waals surface area contributed by atoms with Crippen LogP contribution in [0.3, 0.4) is 0 Å². The highest BCUT2D eigenvalue weighted by Crippen LogP contribution is 2.15. The molecule has 1 fully saturated rings. The lowest BCUT2D eigenvalue weighted by atomic mass is 10.00. The predicted octanol–water partition coefficient (Wildman–Crippen LogP) is 2.35. The van der Waals surface area contributed by atoms with Gasteiger partial charge in [-0.25, -0.2) is 0 Å². The molecule has 1 saturated heterocycles. The van der Waals surface area contributed by atoms with Gasteiger partial charge in [-0.1, -0.05) is 27.7 Å². The minimum Gasteiger partial charge on any atom is -0.314 e. The summed E-state index contributed by atoms with van der Waals surface area (Å²) in [7, 11) is 0. The molecule has 1 rings (SSSR count). The van der Waals surface area contributed by atoms with Gasteiger partial charge in [0.1, 0.15) is 0 Å². The Balaban J connectivity index is 2.35. The van der Waals surface area contributed by atoms with Crippen LogP contribution in [0.2, 0.25) is 0 Å². The van der Waals surface area contributed by atoms with Crippen molar-refractivity contribution >= 4 is 0 Å². The first-order chi connectivity index (χ1) is 7.09. The maximum atomic E-state index is 3.52. The Kier molecular flexibility index (Phi) is 5.62. The van der Waals surface area contributed by atoms with Crippen molar-refractivity contribution in [1.82, 2.24) is 10.2 Å². The highest BCUT2D eigenvalue weighted by Gasteiger charge is 2.22. The van der Waals surface area contributed by atoms with Gasteiger partial charge in [0.2, 0.25) is 0 Å². The Hall–Kier alpha value is -0.0800. The normalized spacial score (nSPS) is 24.0. The molecule has 0 radical (unpaired) electrons. The van der Waals surface area contributed by atoms with Crippen LogP contribution >= 0.6 is 0 Å². The number of nitrogens with zero attached hydrogens (tertiary/aromatic N) is 1. The fourth-order valence-corrected chi connectivity index (χ4v) is 2.30. The molecule has 0 aliphatic carbocycles. The molecule has 0 aromatic carbocycles. The van der Waals surface area contributed by atoms with E-state index in [1.807, 2.05) is 0 Å². The zero-order valence-corrected chi connectivity index (χ0v) is 10.9. The van der Waals surface area contributed by atoms with E-state index in [2.05, 4.69) is 37.9 Å². The van der Waals surface area contributed by atoms with Crippen LogP contribution in [0.15, 0.2) is 0 Å². The van der Waals surface area contributed by atoms with Gasteiger partial charge in [-0.15, -0.1) is 0 Å². The lowest BCUT2D eigenvalue weighted by Crippen LogP contribution is -2.52. The van der Waals surface area contributed by atoms with Gasteiger partial charge in [0, 0.05) is 25.7 Å². The molecule has 2 heteroatoms. The van der Waals surface area contributed by atoms with Gasteiger partial charge in [0.25, 0.3) is 0 Å². The zero-order valence-electron chi connectivity index (χ0n) is 10.9. The van der Waals surface area contributed by atoms with E-state index in [9.17, 15) is 0 Å². The van der Waals surface area contributed by atoms with Crippen molar-refractivity contribution in [3.63, 3.8) is 0 Å². The molecule has 1 atom stereocenters. The molecular weight excluding hydrogens is 184 g/mol. The van der Waals surface area contributed by atoms with E-state index in [0.29, 0.717) is 0 Å². The molecule has 0 amide bonds.